The van der Waals surface area contributed by atoms with Crippen molar-refractivity contribution in [2.45, 2.75) is 13.3 Å². The lowest BCUT2D eigenvalue weighted by molar-refractivity contribution is -0.297. The van der Waals surface area contributed by atoms with Crippen molar-refractivity contribution in [3.63, 3.8) is 0 Å². The van der Waals surface area contributed by atoms with E-state index in [1.54, 1.807) is 0 Å². The van der Waals surface area contributed by atoms with Crippen LogP contribution in [0.5, 0.6) is 0 Å². The van der Waals surface area contributed by atoms with E-state index in [2.05, 4.69) is 0 Å². The molecule has 0 aliphatic rings. The molecule has 0 spiro atoms. The van der Waals surface area contributed by atoms with Gasteiger partial charge in [-0.1, -0.05) is 13.0 Å². The molecule has 0 bridgehead atoms. The predicted molar refractivity (Wildman–Crippen MR) is 24.4 cm³/mol. The Bertz CT molecular complexity index is 84.1. The molecule has 2 nitrogen and oxygen atoms in total. The molecular formula is C5H7O2-. The lowest BCUT2D eigenvalue weighted by Crippen LogP contribution is -2.18. The predicted octanol–water partition coefficient (Wildman–Crippen LogP) is -0.298. The quantitative estimate of drug-likeness (QED) is 0.446. The molecular weight excluding hydrogens is 92.1 g/mol. The van der Waals surface area contributed by atoms with Gasteiger partial charge in [-0.05, 0) is 12.5 Å². The molecule has 0 aromatic carbocycles. The van der Waals surface area contributed by atoms with Crippen LogP contribution in [0.25, 0.3) is 0 Å². The van der Waals surface area contributed by atoms with E-state index in [1.807, 2.05) is 6.92 Å². The highest BCUT2D eigenvalue weighted by Crippen LogP contribution is 1.75. The molecule has 0 unspecified atom stereocenters. The third-order valence-corrected chi connectivity index (χ3v) is 0.490. The minimum atomic E-state index is -1.12. The monoisotopic (exact) mass is 99.0 g/mol. The standard InChI is InChI=1S/C5H8O2/c1-2-3-4-5(6)7/h3-4H,2H2,1H3,(H,6,7)/p-1/b4-3+. The summed E-state index contributed by atoms with van der Waals surface area (Å²) in [6.07, 6.45) is 3.31. The van der Waals surface area contributed by atoms with E-state index in [0.29, 0.717) is 0 Å². The topological polar surface area (TPSA) is 40.1 Å². The molecule has 2 heteroatoms. The van der Waals surface area contributed by atoms with E-state index < -0.39 is 5.97 Å². The highest BCUT2D eigenvalue weighted by Gasteiger charge is 1.66. The lowest BCUT2D eigenvalue weighted by Gasteiger charge is -1.85. The fraction of sp³-hybridized carbons (Fsp3) is 0.400. The summed E-state index contributed by atoms with van der Waals surface area (Å²) in [6, 6.07) is 0. The first kappa shape index (κ1) is 6.21. The molecule has 0 fully saturated rings. The molecule has 0 N–H and O–H groups in total. The van der Waals surface area contributed by atoms with Crippen LogP contribution in [0.3, 0.4) is 0 Å². The van der Waals surface area contributed by atoms with E-state index in [1.165, 1.54) is 6.08 Å². The van der Waals surface area contributed by atoms with Crippen LogP contribution in [-0.4, -0.2) is 5.97 Å². The van der Waals surface area contributed by atoms with Crippen LogP contribution in [0.2, 0.25) is 0 Å². The minimum Gasteiger partial charge on any atom is -0.545 e. The zero-order valence-corrected chi connectivity index (χ0v) is 4.18. The van der Waals surface area contributed by atoms with Gasteiger partial charge in [-0.2, -0.15) is 0 Å². The van der Waals surface area contributed by atoms with Crippen LogP contribution in [-0.2, 0) is 4.79 Å². The van der Waals surface area contributed by atoms with Gasteiger partial charge in [0.25, 0.3) is 0 Å². The van der Waals surface area contributed by atoms with Gasteiger partial charge in [0.1, 0.15) is 0 Å². The number of carboxylic acids is 1. The van der Waals surface area contributed by atoms with Gasteiger partial charge in [0.15, 0.2) is 0 Å². The summed E-state index contributed by atoms with van der Waals surface area (Å²) in [7, 11) is 0. The van der Waals surface area contributed by atoms with Crippen LogP contribution in [0.15, 0.2) is 12.2 Å². The van der Waals surface area contributed by atoms with Gasteiger partial charge >= 0.3 is 0 Å². The Labute approximate surface area is 42.5 Å². The SMILES string of the molecule is CC/C=C/C(=O)[O-]. The Balaban J connectivity index is 3.26. The third-order valence-electron chi connectivity index (χ3n) is 0.490. The maximum Gasteiger partial charge on any atom is 0.0639 e. The van der Waals surface area contributed by atoms with Gasteiger partial charge in [-0.3, -0.25) is 0 Å². The number of allylic oxidation sites excluding steroid dienone is 1. The lowest BCUT2D eigenvalue weighted by atomic mass is 10.4. The average Bonchev–Trinajstić information content (AvgIpc) is 1.61. The van der Waals surface area contributed by atoms with E-state index in [0.717, 1.165) is 12.5 Å². The van der Waals surface area contributed by atoms with Gasteiger partial charge < -0.3 is 9.90 Å². The van der Waals surface area contributed by atoms with Crippen molar-refractivity contribution in [2.75, 3.05) is 0 Å². The molecule has 0 saturated carbocycles. The summed E-state index contributed by atoms with van der Waals surface area (Å²) in [6.45, 7) is 1.86. The van der Waals surface area contributed by atoms with E-state index in [4.69, 9.17) is 0 Å². The van der Waals surface area contributed by atoms with Gasteiger partial charge in [0.05, 0.1) is 5.97 Å². The zero-order chi connectivity index (χ0) is 5.70. The van der Waals surface area contributed by atoms with Crippen molar-refractivity contribution in [2.24, 2.45) is 0 Å². The number of aliphatic carboxylic acids is 1. The second kappa shape index (κ2) is 3.40. The first-order valence-electron chi connectivity index (χ1n) is 2.15. The van der Waals surface area contributed by atoms with Crippen LogP contribution in [0, 0.1) is 0 Å². The first-order chi connectivity index (χ1) is 3.27. The minimum absolute atomic E-state index is 0.744. The summed E-state index contributed by atoms with van der Waals surface area (Å²) < 4.78 is 0. The normalized spacial score (nSPS) is 9.86. The molecule has 0 rings (SSSR count). The van der Waals surface area contributed by atoms with Crippen LogP contribution in [0.4, 0.5) is 0 Å². The van der Waals surface area contributed by atoms with Crippen molar-refractivity contribution in [3.05, 3.63) is 12.2 Å². The fourth-order valence-corrected chi connectivity index (χ4v) is 0.214. The Hall–Kier alpha value is -0.790. The van der Waals surface area contributed by atoms with Crippen LogP contribution in [0.1, 0.15) is 13.3 Å². The van der Waals surface area contributed by atoms with Crippen LogP contribution < -0.4 is 5.11 Å². The van der Waals surface area contributed by atoms with Crippen LogP contribution >= 0.6 is 0 Å². The van der Waals surface area contributed by atoms with Gasteiger partial charge in [-0.15, -0.1) is 0 Å². The summed E-state index contributed by atoms with van der Waals surface area (Å²) >= 11 is 0. The molecule has 40 valence electrons. The summed E-state index contributed by atoms with van der Waals surface area (Å²) in [5.41, 5.74) is 0. The highest BCUT2D eigenvalue weighted by atomic mass is 16.4. The molecule has 0 radical (unpaired) electrons. The summed E-state index contributed by atoms with van der Waals surface area (Å²) in [5, 5.41) is 9.56. The largest absolute Gasteiger partial charge is 0.545 e. The van der Waals surface area contributed by atoms with Crippen molar-refractivity contribution in [1.29, 1.82) is 0 Å². The average molecular weight is 99.1 g/mol. The van der Waals surface area contributed by atoms with E-state index in [-0.39, 0.29) is 0 Å². The number of hydrogen-bond donors (Lipinski definition) is 0. The Morgan fingerprint density at radius 3 is 2.57 bits per heavy atom. The number of carbonyl (C=O) groups excluding carboxylic acids is 1. The molecule has 0 heterocycles. The van der Waals surface area contributed by atoms with Crippen molar-refractivity contribution in [3.8, 4) is 0 Å². The molecule has 0 saturated heterocycles. The number of rotatable bonds is 2. The van der Waals surface area contributed by atoms with Gasteiger partial charge in [-0.25, -0.2) is 0 Å². The zero-order valence-electron chi connectivity index (χ0n) is 4.18. The second-order valence-electron chi connectivity index (χ2n) is 1.13. The Morgan fingerprint density at radius 2 is 2.43 bits per heavy atom. The van der Waals surface area contributed by atoms with Crippen molar-refractivity contribution in [1.82, 2.24) is 0 Å². The van der Waals surface area contributed by atoms with Gasteiger partial charge in [0, 0.05) is 0 Å². The number of carboxylic acid groups (broad SMARTS) is 1. The second-order valence-corrected chi connectivity index (χ2v) is 1.13. The smallest absolute Gasteiger partial charge is 0.0639 e. The molecule has 7 heavy (non-hydrogen) atoms. The highest BCUT2D eigenvalue weighted by molar-refractivity contribution is 5.77. The van der Waals surface area contributed by atoms with Crippen molar-refractivity contribution >= 4 is 5.97 Å². The summed E-state index contributed by atoms with van der Waals surface area (Å²) in [5.74, 6) is -1.12. The van der Waals surface area contributed by atoms with Crippen molar-refractivity contribution < 1.29 is 9.90 Å². The summed E-state index contributed by atoms with van der Waals surface area (Å²) in [4.78, 5) is 9.56. The fourth-order valence-electron chi connectivity index (χ4n) is 0.214. The molecule has 0 aromatic rings. The molecule has 0 aromatic heterocycles. The van der Waals surface area contributed by atoms with E-state index >= 15 is 0 Å². The first-order valence-corrected chi connectivity index (χ1v) is 2.15. The molecule has 0 atom stereocenters. The number of carbonyl (C=O) groups is 1. The van der Waals surface area contributed by atoms with Gasteiger partial charge in [0.2, 0.25) is 0 Å². The maximum absolute atomic E-state index is 9.56. The third kappa shape index (κ3) is 5.21. The maximum atomic E-state index is 9.56. The molecule has 0 aliphatic carbocycles. The van der Waals surface area contributed by atoms with E-state index in [9.17, 15) is 9.90 Å². The molecule has 0 aliphatic heterocycles. The Morgan fingerprint density at radius 1 is 1.86 bits per heavy atom. The Kier molecular flexibility index (Phi) is 3.02. The molecule has 0 amide bonds. The number of hydrogen-bond acceptors (Lipinski definition) is 2.